The molecule has 6 heteroatoms. The molecule has 2 rings (SSSR count). The lowest BCUT2D eigenvalue weighted by Gasteiger charge is -2.13. The molecule has 0 unspecified atom stereocenters. The fraction of sp³-hybridized carbons (Fsp3) is 0.286. The maximum absolute atomic E-state index is 5.94. The second-order valence-corrected chi connectivity index (χ2v) is 5.55. The van der Waals surface area contributed by atoms with Crippen LogP contribution in [-0.2, 0) is 7.05 Å². The van der Waals surface area contributed by atoms with Crippen molar-refractivity contribution in [1.29, 1.82) is 0 Å². The summed E-state index contributed by atoms with van der Waals surface area (Å²) in [4.78, 5) is 0. The largest absolute Gasteiger partial charge is 0.332 e. The van der Waals surface area contributed by atoms with Crippen LogP contribution in [0.15, 0.2) is 18.2 Å². The maximum Gasteiger partial charge on any atom is 0.175 e. The second kappa shape index (κ2) is 5.81. The number of nitrogens with one attached hydrogen (secondary N) is 2. The summed E-state index contributed by atoms with van der Waals surface area (Å²) in [5.41, 5.74) is 4.88. The van der Waals surface area contributed by atoms with Gasteiger partial charge >= 0.3 is 0 Å². The summed E-state index contributed by atoms with van der Waals surface area (Å²) in [5, 5.41) is 12.0. The van der Waals surface area contributed by atoms with E-state index in [-0.39, 0.29) is 0 Å². The first-order chi connectivity index (χ1) is 9.38. The van der Waals surface area contributed by atoms with Gasteiger partial charge in [-0.1, -0.05) is 11.6 Å². The molecule has 20 heavy (non-hydrogen) atoms. The zero-order valence-corrected chi connectivity index (χ0v) is 13.5. The van der Waals surface area contributed by atoms with Crippen molar-refractivity contribution < 1.29 is 0 Å². The molecule has 0 saturated carbocycles. The maximum atomic E-state index is 5.94. The Kier molecular flexibility index (Phi) is 4.30. The minimum atomic E-state index is 0.537. The van der Waals surface area contributed by atoms with Crippen molar-refractivity contribution >= 4 is 40.3 Å². The van der Waals surface area contributed by atoms with Gasteiger partial charge in [0.1, 0.15) is 0 Å². The molecular formula is C14H17ClN4S. The van der Waals surface area contributed by atoms with E-state index in [4.69, 9.17) is 23.8 Å². The van der Waals surface area contributed by atoms with E-state index in [0.29, 0.717) is 10.1 Å². The van der Waals surface area contributed by atoms with Gasteiger partial charge in [0.2, 0.25) is 0 Å². The fourth-order valence-corrected chi connectivity index (χ4v) is 2.43. The van der Waals surface area contributed by atoms with Gasteiger partial charge in [-0.25, -0.2) is 0 Å². The summed E-state index contributed by atoms with van der Waals surface area (Å²) in [6, 6.07) is 5.64. The van der Waals surface area contributed by atoms with E-state index in [1.807, 2.05) is 50.7 Å². The van der Waals surface area contributed by atoms with Crippen LogP contribution in [0.4, 0.5) is 11.4 Å². The van der Waals surface area contributed by atoms with Crippen LogP contribution in [0.5, 0.6) is 0 Å². The third-order valence-electron chi connectivity index (χ3n) is 3.18. The van der Waals surface area contributed by atoms with Crippen LogP contribution in [0.2, 0.25) is 5.02 Å². The van der Waals surface area contributed by atoms with E-state index in [1.54, 1.807) is 0 Å². The Bertz CT molecular complexity index is 663. The highest BCUT2D eigenvalue weighted by Crippen LogP contribution is 2.21. The zero-order chi connectivity index (χ0) is 14.9. The highest BCUT2D eigenvalue weighted by atomic mass is 35.5. The lowest BCUT2D eigenvalue weighted by Crippen LogP contribution is -2.20. The van der Waals surface area contributed by atoms with Gasteiger partial charge in [0.05, 0.1) is 17.1 Å². The van der Waals surface area contributed by atoms with Gasteiger partial charge in [0.15, 0.2) is 5.11 Å². The molecule has 0 aliphatic heterocycles. The summed E-state index contributed by atoms with van der Waals surface area (Å²) in [5.74, 6) is 0. The van der Waals surface area contributed by atoms with Crippen LogP contribution >= 0.6 is 23.8 Å². The molecule has 2 N–H and O–H groups in total. The van der Waals surface area contributed by atoms with Crippen molar-refractivity contribution in [3.63, 3.8) is 0 Å². The van der Waals surface area contributed by atoms with Gasteiger partial charge < -0.3 is 10.6 Å². The topological polar surface area (TPSA) is 41.9 Å². The lowest BCUT2D eigenvalue weighted by molar-refractivity contribution is 0.731. The van der Waals surface area contributed by atoms with Crippen molar-refractivity contribution in [2.45, 2.75) is 20.8 Å². The number of anilines is 2. The normalized spacial score (nSPS) is 10.4. The number of aryl methyl sites for hydroxylation is 3. The monoisotopic (exact) mass is 308 g/mol. The first kappa shape index (κ1) is 14.8. The van der Waals surface area contributed by atoms with Crippen LogP contribution in [-0.4, -0.2) is 14.9 Å². The first-order valence-corrected chi connectivity index (χ1v) is 7.01. The van der Waals surface area contributed by atoms with E-state index in [9.17, 15) is 0 Å². The quantitative estimate of drug-likeness (QED) is 0.828. The second-order valence-electron chi connectivity index (χ2n) is 4.71. The number of thiocarbonyl (C=S) groups is 1. The molecule has 2 aromatic rings. The van der Waals surface area contributed by atoms with Crippen LogP contribution in [0.3, 0.4) is 0 Å². The predicted molar refractivity (Wildman–Crippen MR) is 88.7 cm³/mol. The molecule has 0 fully saturated rings. The number of hydrogen-bond acceptors (Lipinski definition) is 2. The van der Waals surface area contributed by atoms with E-state index in [2.05, 4.69) is 15.7 Å². The minimum Gasteiger partial charge on any atom is -0.332 e. The van der Waals surface area contributed by atoms with Crippen LogP contribution < -0.4 is 10.6 Å². The van der Waals surface area contributed by atoms with E-state index in [0.717, 1.165) is 28.3 Å². The van der Waals surface area contributed by atoms with Crippen LogP contribution in [0, 0.1) is 20.8 Å². The summed E-state index contributed by atoms with van der Waals surface area (Å²) in [6.07, 6.45) is 0. The molecule has 0 atom stereocenters. The summed E-state index contributed by atoms with van der Waals surface area (Å²) >= 11 is 11.3. The van der Waals surface area contributed by atoms with Gasteiger partial charge in [0, 0.05) is 17.8 Å². The minimum absolute atomic E-state index is 0.537. The van der Waals surface area contributed by atoms with Gasteiger partial charge in [-0.2, -0.15) is 5.10 Å². The molecule has 0 bridgehead atoms. The van der Waals surface area contributed by atoms with Gasteiger partial charge in [-0.05, 0) is 56.8 Å². The van der Waals surface area contributed by atoms with Crippen molar-refractivity contribution in [2.24, 2.45) is 7.05 Å². The van der Waals surface area contributed by atoms with Crippen molar-refractivity contribution in [3.8, 4) is 0 Å². The zero-order valence-electron chi connectivity index (χ0n) is 11.9. The molecule has 0 radical (unpaired) electrons. The first-order valence-electron chi connectivity index (χ1n) is 6.23. The smallest absolute Gasteiger partial charge is 0.175 e. The lowest BCUT2D eigenvalue weighted by atomic mass is 10.2. The van der Waals surface area contributed by atoms with Crippen LogP contribution in [0.25, 0.3) is 0 Å². The molecule has 0 aliphatic carbocycles. The van der Waals surface area contributed by atoms with E-state index in [1.165, 1.54) is 0 Å². The number of nitrogens with zero attached hydrogens (tertiary/aromatic N) is 2. The fourth-order valence-electron chi connectivity index (χ4n) is 1.99. The third-order valence-corrected chi connectivity index (χ3v) is 3.62. The molecule has 1 aromatic carbocycles. The molecule has 0 aliphatic rings. The molecule has 0 amide bonds. The van der Waals surface area contributed by atoms with Crippen molar-refractivity contribution in [1.82, 2.24) is 9.78 Å². The highest BCUT2D eigenvalue weighted by Gasteiger charge is 2.11. The average Bonchev–Trinajstić information content (AvgIpc) is 2.60. The Morgan fingerprint density at radius 3 is 2.50 bits per heavy atom. The summed E-state index contributed by atoms with van der Waals surface area (Å²) in [7, 11) is 1.91. The molecule has 4 nitrogen and oxygen atoms in total. The number of halogens is 1. The van der Waals surface area contributed by atoms with Crippen molar-refractivity contribution in [2.75, 3.05) is 10.6 Å². The average molecular weight is 309 g/mol. The number of hydrogen-bond donors (Lipinski definition) is 2. The molecule has 1 heterocycles. The molecule has 1 aromatic heterocycles. The van der Waals surface area contributed by atoms with E-state index >= 15 is 0 Å². The Morgan fingerprint density at radius 1 is 1.25 bits per heavy atom. The Morgan fingerprint density at radius 2 is 1.95 bits per heavy atom. The van der Waals surface area contributed by atoms with Crippen molar-refractivity contribution in [3.05, 3.63) is 40.2 Å². The summed E-state index contributed by atoms with van der Waals surface area (Å²) in [6.45, 7) is 5.93. The number of benzene rings is 1. The number of aromatic nitrogens is 2. The molecule has 106 valence electrons. The standard InChI is InChI=1S/C14H17ClN4S/c1-8-7-11(15)5-6-12(8)16-14(20)17-13-9(2)18-19(4)10(13)3/h5-7H,1-4H3,(H2,16,17,20). The third kappa shape index (κ3) is 3.11. The van der Waals surface area contributed by atoms with Gasteiger partial charge in [0.25, 0.3) is 0 Å². The van der Waals surface area contributed by atoms with E-state index < -0.39 is 0 Å². The molecular weight excluding hydrogens is 292 g/mol. The molecule has 0 spiro atoms. The SMILES string of the molecule is Cc1cc(Cl)ccc1NC(=S)Nc1c(C)nn(C)c1C. The Labute approximate surface area is 129 Å². The highest BCUT2D eigenvalue weighted by molar-refractivity contribution is 7.80. The summed E-state index contributed by atoms with van der Waals surface area (Å²) < 4.78 is 1.83. The van der Waals surface area contributed by atoms with Gasteiger partial charge in [-0.3, -0.25) is 4.68 Å². The predicted octanol–water partition coefficient (Wildman–Crippen LogP) is 3.81. The molecule has 0 saturated heterocycles. The Balaban J connectivity index is 2.13. The van der Waals surface area contributed by atoms with Gasteiger partial charge in [-0.15, -0.1) is 0 Å². The Hall–Kier alpha value is -1.59. The van der Waals surface area contributed by atoms with Crippen LogP contribution in [0.1, 0.15) is 17.0 Å². The number of rotatable bonds is 2.